The van der Waals surface area contributed by atoms with Crippen molar-refractivity contribution in [1.82, 2.24) is 4.90 Å². The van der Waals surface area contributed by atoms with Crippen LogP contribution in [0.25, 0.3) is 0 Å². The van der Waals surface area contributed by atoms with E-state index in [1.807, 2.05) is 65.0 Å². The maximum Gasteiger partial charge on any atom is 0.311 e. The van der Waals surface area contributed by atoms with Crippen molar-refractivity contribution in [2.75, 3.05) is 13.1 Å². The molecule has 196 valence electrons. The Balaban J connectivity index is 1.44. The van der Waals surface area contributed by atoms with Gasteiger partial charge in [0, 0.05) is 30.8 Å². The van der Waals surface area contributed by atoms with Crippen LogP contribution in [-0.4, -0.2) is 29.9 Å². The van der Waals surface area contributed by atoms with Crippen LogP contribution < -0.4 is 4.74 Å². The van der Waals surface area contributed by atoms with Crippen molar-refractivity contribution in [3.8, 4) is 5.75 Å². The van der Waals surface area contributed by atoms with E-state index < -0.39 is 0 Å². The molecule has 0 aliphatic heterocycles. The maximum absolute atomic E-state index is 13.4. The minimum Gasteiger partial charge on any atom is -0.427 e. The van der Waals surface area contributed by atoms with Gasteiger partial charge >= 0.3 is 5.97 Å². The molecular weight excluding hydrogens is 490 g/mol. The van der Waals surface area contributed by atoms with Crippen molar-refractivity contribution in [1.29, 1.82) is 0 Å². The highest BCUT2D eigenvalue weighted by Gasteiger charge is 2.20. The molecule has 0 bridgehead atoms. The monoisotopic (exact) mass is 525 g/mol. The summed E-state index contributed by atoms with van der Waals surface area (Å²) in [5, 5.41) is 3.88. The number of esters is 1. The lowest BCUT2D eigenvalue weighted by atomic mass is 9.88. The van der Waals surface area contributed by atoms with Gasteiger partial charge in [-0.2, -0.15) is 11.3 Å². The van der Waals surface area contributed by atoms with E-state index in [0.29, 0.717) is 25.3 Å². The third kappa shape index (κ3) is 7.90. The average Bonchev–Trinajstić information content (AvgIpc) is 3.49. The summed E-state index contributed by atoms with van der Waals surface area (Å²) in [6.07, 6.45) is 3.64. The smallest absolute Gasteiger partial charge is 0.311 e. The summed E-state index contributed by atoms with van der Waals surface area (Å²) in [6.45, 7) is 3.28. The van der Waals surface area contributed by atoms with Gasteiger partial charge in [0.2, 0.25) is 0 Å². The summed E-state index contributed by atoms with van der Waals surface area (Å²) in [4.78, 5) is 27.3. The van der Waals surface area contributed by atoms with E-state index in [1.165, 1.54) is 11.1 Å². The number of thiophene rings is 1. The van der Waals surface area contributed by atoms with E-state index in [9.17, 15) is 9.59 Å². The quantitative estimate of drug-likeness (QED) is 0.132. The van der Waals surface area contributed by atoms with Gasteiger partial charge in [-0.25, -0.2) is 0 Å². The first kappa shape index (κ1) is 27.3. The average molecular weight is 526 g/mol. The molecule has 38 heavy (non-hydrogen) atoms. The standard InChI is InChI=1S/C33H35NO3S/c1-2-11-32(35)37-30-18-9-12-26(24-30)13-10-21-34(33(36)29-20-23-38-25-29)22-19-31(27-14-5-3-6-15-27)28-16-7-4-8-17-28/h3-9,12,14-18,20,23-25,31H,2,10-11,13,19,21-22H2,1H3. The van der Waals surface area contributed by atoms with E-state index in [4.69, 9.17) is 4.74 Å². The Bertz CT molecular complexity index is 1230. The van der Waals surface area contributed by atoms with Crippen LogP contribution in [0, 0.1) is 0 Å². The van der Waals surface area contributed by atoms with E-state index >= 15 is 0 Å². The van der Waals surface area contributed by atoms with Crippen LogP contribution >= 0.6 is 11.3 Å². The highest BCUT2D eigenvalue weighted by molar-refractivity contribution is 7.08. The van der Waals surface area contributed by atoms with Gasteiger partial charge in [-0.05, 0) is 66.0 Å². The fourth-order valence-corrected chi connectivity index (χ4v) is 5.32. The third-order valence-electron chi connectivity index (χ3n) is 6.62. The van der Waals surface area contributed by atoms with Crippen LogP contribution in [0.5, 0.6) is 5.75 Å². The predicted molar refractivity (Wildman–Crippen MR) is 155 cm³/mol. The molecule has 0 saturated carbocycles. The molecule has 4 rings (SSSR count). The van der Waals surface area contributed by atoms with Crippen LogP contribution in [0.1, 0.15) is 65.6 Å². The highest BCUT2D eigenvalue weighted by Crippen LogP contribution is 2.28. The molecule has 4 aromatic rings. The summed E-state index contributed by atoms with van der Waals surface area (Å²) in [7, 11) is 0. The van der Waals surface area contributed by atoms with Gasteiger partial charge in [-0.3, -0.25) is 9.59 Å². The van der Waals surface area contributed by atoms with Crippen LogP contribution in [0.4, 0.5) is 0 Å². The van der Waals surface area contributed by atoms with Crippen molar-refractivity contribution < 1.29 is 14.3 Å². The first-order valence-corrected chi connectivity index (χ1v) is 14.3. The minimum absolute atomic E-state index is 0.0772. The van der Waals surface area contributed by atoms with E-state index in [0.717, 1.165) is 36.8 Å². The first-order chi connectivity index (χ1) is 18.6. The summed E-state index contributed by atoms with van der Waals surface area (Å²) < 4.78 is 5.46. The zero-order valence-electron chi connectivity index (χ0n) is 21.9. The summed E-state index contributed by atoms with van der Waals surface area (Å²) in [5.41, 5.74) is 4.36. The lowest BCUT2D eigenvalue weighted by Crippen LogP contribution is -2.33. The van der Waals surface area contributed by atoms with E-state index in [1.54, 1.807) is 11.3 Å². The number of aryl methyl sites for hydroxylation is 1. The number of hydrogen-bond donors (Lipinski definition) is 0. The molecule has 0 fully saturated rings. The molecule has 3 aromatic carbocycles. The number of ether oxygens (including phenoxy) is 1. The Labute approximate surface area is 229 Å². The molecule has 1 amide bonds. The molecule has 0 aliphatic rings. The van der Waals surface area contributed by atoms with Crippen molar-refractivity contribution >= 4 is 23.2 Å². The molecule has 0 saturated heterocycles. The van der Waals surface area contributed by atoms with Gasteiger partial charge in [-0.1, -0.05) is 79.7 Å². The molecule has 0 unspecified atom stereocenters. The molecule has 1 heterocycles. The second-order valence-corrected chi connectivity index (χ2v) is 10.2. The van der Waals surface area contributed by atoms with Crippen LogP contribution in [0.15, 0.2) is 102 Å². The second-order valence-electron chi connectivity index (χ2n) is 9.44. The van der Waals surface area contributed by atoms with Crippen molar-refractivity contribution in [3.05, 3.63) is 124 Å². The zero-order valence-corrected chi connectivity index (χ0v) is 22.7. The number of amides is 1. The molecular formula is C33H35NO3S. The predicted octanol–water partition coefficient (Wildman–Crippen LogP) is 7.75. The Morgan fingerprint density at radius 2 is 1.58 bits per heavy atom. The van der Waals surface area contributed by atoms with E-state index in [-0.39, 0.29) is 17.8 Å². The molecule has 0 radical (unpaired) electrons. The van der Waals surface area contributed by atoms with Gasteiger partial charge in [0.1, 0.15) is 5.75 Å². The second kappa shape index (κ2) is 14.3. The number of nitrogens with zero attached hydrogens (tertiary/aromatic N) is 1. The Morgan fingerprint density at radius 1 is 0.868 bits per heavy atom. The number of carbonyl (C=O) groups excluding carboxylic acids is 2. The summed E-state index contributed by atoms with van der Waals surface area (Å²) >= 11 is 1.55. The molecule has 0 N–H and O–H groups in total. The van der Waals surface area contributed by atoms with Gasteiger partial charge in [0.15, 0.2) is 0 Å². The summed E-state index contributed by atoms with van der Waals surface area (Å²) in [6, 6.07) is 30.7. The Kier molecular flexibility index (Phi) is 10.3. The Hall–Kier alpha value is -3.70. The fraction of sp³-hybridized carbons (Fsp3) is 0.273. The highest BCUT2D eigenvalue weighted by atomic mass is 32.1. The van der Waals surface area contributed by atoms with Crippen LogP contribution in [-0.2, 0) is 11.2 Å². The fourth-order valence-electron chi connectivity index (χ4n) is 4.69. The lowest BCUT2D eigenvalue weighted by molar-refractivity contribution is -0.134. The van der Waals surface area contributed by atoms with Crippen molar-refractivity contribution in [2.45, 2.75) is 44.9 Å². The van der Waals surface area contributed by atoms with Crippen LogP contribution in [0.3, 0.4) is 0 Å². The van der Waals surface area contributed by atoms with Gasteiger partial charge in [0.25, 0.3) is 5.91 Å². The topological polar surface area (TPSA) is 46.6 Å². The summed E-state index contributed by atoms with van der Waals surface area (Å²) in [5.74, 6) is 0.669. The molecule has 0 atom stereocenters. The first-order valence-electron chi connectivity index (χ1n) is 13.3. The number of rotatable bonds is 13. The lowest BCUT2D eigenvalue weighted by Gasteiger charge is -2.26. The van der Waals surface area contributed by atoms with Gasteiger partial charge in [-0.15, -0.1) is 0 Å². The minimum atomic E-state index is -0.205. The SMILES string of the molecule is CCCC(=O)Oc1cccc(CCCN(CCC(c2ccccc2)c2ccccc2)C(=O)c2ccsc2)c1. The molecule has 5 heteroatoms. The van der Waals surface area contributed by atoms with Crippen molar-refractivity contribution in [2.24, 2.45) is 0 Å². The Morgan fingerprint density at radius 3 is 2.21 bits per heavy atom. The molecule has 0 spiro atoms. The van der Waals surface area contributed by atoms with Gasteiger partial charge < -0.3 is 9.64 Å². The molecule has 0 aliphatic carbocycles. The van der Waals surface area contributed by atoms with Crippen molar-refractivity contribution in [3.63, 3.8) is 0 Å². The zero-order chi connectivity index (χ0) is 26.6. The molecule has 4 nitrogen and oxygen atoms in total. The normalized spacial score (nSPS) is 10.9. The third-order valence-corrected chi connectivity index (χ3v) is 7.31. The number of carbonyl (C=O) groups is 2. The molecule has 1 aromatic heterocycles. The number of hydrogen-bond acceptors (Lipinski definition) is 4. The largest absolute Gasteiger partial charge is 0.427 e. The van der Waals surface area contributed by atoms with E-state index in [2.05, 4.69) is 48.5 Å². The maximum atomic E-state index is 13.4. The number of benzene rings is 3. The van der Waals surface area contributed by atoms with Crippen LogP contribution in [0.2, 0.25) is 0 Å². The van der Waals surface area contributed by atoms with Gasteiger partial charge in [0.05, 0.1) is 5.56 Å².